The van der Waals surface area contributed by atoms with Crippen molar-refractivity contribution in [2.45, 2.75) is 30.6 Å². The first kappa shape index (κ1) is 15.6. The second kappa shape index (κ2) is 6.07. The van der Waals surface area contributed by atoms with Crippen LogP contribution in [0.4, 0.5) is 13.2 Å². The summed E-state index contributed by atoms with van der Waals surface area (Å²) in [6, 6.07) is 3.40. The molecule has 0 aromatic carbocycles. The van der Waals surface area contributed by atoms with Gasteiger partial charge < -0.3 is 8.83 Å². The molecule has 23 heavy (non-hydrogen) atoms. The van der Waals surface area contributed by atoms with Crippen LogP contribution >= 0.6 is 11.8 Å². The molecule has 11 heteroatoms. The monoisotopic (exact) mass is 345 g/mol. The predicted octanol–water partition coefficient (Wildman–Crippen LogP) is 3.08. The van der Waals surface area contributed by atoms with Crippen molar-refractivity contribution in [3.8, 4) is 11.7 Å². The van der Waals surface area contributed by atoms with Crippen LogP contribution in [0.15, 0.2) is 32.4 Å². The SMILES string of the molecule is Cc1oc(-c2ccco2)nc1CSc1nnnn1CC(F)(F)F. The van der Waals surface area contributed by atoms with Crippen LogP contribution in [0.1, 0.15) is 11.5 Å². The summed E-state index contributed by atoms with van der Waals surface area (Å²) in [4.78, 5) is 4.27. The van der Waals surface area contributed by atoms with E-state index in [1.54, 1.807) is 19.1 Å². The Bertz CT molecular complexity index is 781. The summed E-state index contributed by atoms with van der Waals surface area (Å²) in [5.41, 5.74) is 0.586. The molecule has 7 nitrogen and oxygen atoms in total. The lowest BCUT2D eigenvalue weighted by molar-refractivity contribution is -0.144. The molecule has 0 aliphatic heterocycles. The number of rotatable bonds is 5. The smallest absolute Gasteiger partial charge is 0.408 e. The first-order valence-electron chi connectivity index (χ1n) is 6.38. The highest BCUT2D eigenvalue weighted by Crippen LogP contribution is 2.27. The van der Waals surface area contributed by atoms with Gasteiger partial charge in [-0.25, -0.2) is 9.67 Å². The number of aromatic nitrogens is 5. The number of hydrogen-bond donors (Lipinski definition) is 0. The van der Waals surface area contributed by atoms with Gasteiger partial charge in [0.05, 0.1) is 12.0 Å². The van der Waals surface area contributed by atoms with Crippen molar-refractivity contribution in [1.82, 2.24) is 25.2 Å². The van der Waals surface area contributed by atoms with Crippen LogP contribution in [0.5, 0.6) is 0 Å². The number of hydrogen-bond acceptors (Lipinski definition) is 7. The van der Waals surface area contributed by atoms with E-state index in [0.717, 1.165) is 11.8 Å². The fourth-order valence-electron chi connectivity index (χ4n) is 1.77. The van der Waals surface area contributed by atoms with Crippen molar-refractivity contribution in [1.29, 1.82) is 0 Å². The highest BCUT2D eigenvalue weighted by Gasteiger charge is 2.30. The Morgan fingerprint density at radius 3 is 2.87 bits per heavy atom. The molecule has 0 amide bonds. The molecule has 0 saturated carbocycles. The average Bonchev–Trinajstić information content (AvgIpc) is 3.16. The number of aryl methyl sites for hydroxylation is 1. The van der Waals surface area contributed by atoms with E-state index >= 15 is 0 Å². The Morgan fingerprint density at radius 2 is 2.17 bits per heavy atom. The van der Waals surface area contributed by atoms with Gasteiger partial charge in [-0.05, 0) is 29.5 Å². The molecule has 3 rings (SSSR count). The third-order valence-corrected chi connectivity index (χ3v) is 3.76. The van der Waals surface area contributed by atoms with E-state index in [9.17, 15) is 13.2 Å². The minimum Gasteiger partial charge on any atom is -0.459 e. The average molecular weight is 345 g/mol. The lowest BCUT2D eigenvalue weighted by atomic mass is 10.4. The van der Waals surface area contributed by atoms with Crippen molar-refractivity contribution in [2.75, 3.05) is 0 Å². The first-order valence-corrected chi connectivity index (χ1v) is 7.37. The Kier molecular flexibility index (Phi) is 4.11. The number of furan rings is 1. The third-order valence-electron chi connectivity index (χ3n) is 2.79. The highest BCUT2D eigenvalue weighted by molar-refractivity contribution is 7.98. The predicted molar refractivity (Wildman–Crippen MR) is 72.4 cm³/mol. The van der Waals surface area contributed by atoms with Crippen LogP contribution in [-0.2, 0) is 12.3 Å². The van der Waals surface area contributed by atoms with Crippen molar-refractivity contribution < 1.29 is 22.0 Å². The Balaban J connectivity index is 1.71. The highest BCUT2D eigenvalue weighted by atomic mass is 32.2. The van der Waals surface area contributed by atoms with Gasteiger partial charge in [-0.3, -0.25) is 0 Å². The molecule has 0 aliphatic carbocycles. The molecule has 3 aromatic rings. The molecule has 0 fully saturated rings. The van der Waals surface area contributed by atoms with Crippen molar-refractivity contribution in [3.63, 3.8) is 0 Å². The van der Waals surface area contributed by atoms with Gasteiger partial charge >= 0.3 is 6.18 Å². The van der Waals surface area contributed by atoms with Gasteiger partial charge in [0.1, 0.15) is 12.3 Å². The van der Waals surface area contributed by atoms with Crippen LogP contribution in [0, 0.1) is 6.92 Å². The molecular formula is C12H10F3N5O2S. The molecule has 0 unspecified atom stereocenters. The number of halogens is 3. The van der Waals surface area contributed by atoms with Gasteiger partial charge in [-0.2, -0.15) is 13.2 Å². The first-order chi connectivity index (χ1) is 10.9. The van der Waals surface area contributed by atoms with Crippen LogP contribution in [0.2, 0.25) is 0 Å². The largest absolute Gasteiger partial charge is 0.459 e. The molecule has 0 saturated heterocycles. The van der Waals surface area contributed by atoms with Gasteiger partial charge in [0, 0.05) is 5.75 Å². The second-order valence-electron chi connectivity index (χ2n) is 4.52. The van der Waals surface area contributed by atoms with E-state index in [1.807, 2.05) is 0 Å². The zero-order valence-corrected chi connectivity index (χ0v) is 12.6. The van der Waals surface area contributed by atoms with Gasteiger partial charge in [-0.1, -0.05) is 11.8 Å². The summed E-state index contributed by atoms with van der Waals surface area (Å²) in [6.45, 7) is 0.478. The summed E-state index contributed by atoms with van der Waals surface area (Å²) in [5, 5.41) is 10.3. The Morgan fingerprint density at radius 1 is 1.35 bits per heavy atom. The summed E-state index contributed by atoms with van der Waals surface area (Å²) in [6.07, 6.45) is -2.89. The maximum atomic E-state index is 12.4. The van der Waals surface area contributed by atoms with Gasteiger partial charge in [0.15, 0.2) is 5.76 Å². The van der Waals surface area contributed by atoms with Crippen LogP contribution < -0.4 is 0 Å². The van der Waals surface area contributed by atoms with E-state index in [-0.39, 0.29) is 10.9 Å². The Hall–Kier alpha value is -2.30. The van der Waals surface area contributed by atoms with Gasteiger partial charge in [-0.15, -0.1) is 5.10 Å². The number of thioether (sulfide) groups is 1. The quantitative estimate of drug-likeness (QED) is 0.657. The molecule has 0 bridgehead atoms. The molecule has 3 aromatic heterocycles. The minimum atomic E-state index is -4.39. The minimum absolute atomic E-state index is 0.0595. The fourth-order valence-corrected chi connectivity index (χ4v) is 2.65. The van der Waals surface area contributed by atoms with Crippen molar-refractivity contribution in [2.24, 2.45) is 0 Å². The molecule has 0 spiro atoms. The lowest BCUT2D eigenvalue weighted by Crippen LogP contribution is -2.19. The molecule has 0 radical (unpaired) electrons. The zero-order chi connectivity index (χ0) is 16.4. The number of tetrazole rings is 1. The normalized spacial score (nSPS) is 12.0. The van der Waals surface area contributed by atoms with Crippen LogP contribution in [0.3, 0.4) is 0 Å². The van der Waals surface area contributed by atoms with E-state index in [1.165, 1.54) is 6.26 Å². The topological polar surface area (TPSA) is 82.8 Å². The van der Waals surface area contributed by atoms with Gasteiger partial charge in [0.25, 0.3) is 5.89 Å². The number of oxazole rings is 1. The van der Waals surface area contributed by atoms with Crippen molar-refractivity contribution in [3.05, 3.63) is 29.9 Å². The fraction of sp³-hybridized carbons (Fsp3) is 0.333. The molecule has 3 heterocycles. The summed E-state index contributed by atoms with van der Waals surface area (Å²) < 4.78 is 48.6. The molecule has 122 valence electrons. The third kappa shape index (κ3) is 3.73. The summed E-state index contributed by atoms with van der Waals surface area (Å²) in [7, 11) is 0. The lowest BCUT2D eigenvalue weighted by Gasteiger charge is -2.06. The molecule has 0 N–H and O–H groups in total. The summed E-state index contributed by atoms with van der Waals surface area (Å²) >= 11 is 1.05. The van der Waals surface area contributed by atoms with E-state index < -0.39 is 12.7 Å². The standard InChI is InChI=1S/C12H10F3N5O2S/c1-7-8(16-10(22-7)9-3-2-4-21-9)5-23-11-17-18-19-20(11)6-12(13,14)15/h2-4H,5-6H2,1H3. The van der Waals surface area contributed by atoms with Crippen LogP contribution in [0.25, 0.3) is 11.7 Å². The Labute approximate surface area is 131 Å². The number of nitrogens with zero attached hydrogens (tertiary/aromatic N) is 5. The molecular weight excluding hydrogens is 335 g/mol. The number of alkyl halides is 3. The van der Waals surface area contributed by atoms with Gasteiger partial charge in [0.2, 0.25) is 5.16 Å². The summed E-state index contributed by atoms with van der Waals surface area (Å²) in [5.74, 6) is 1.62. The molecule has 0 aliphatic rings. The molecule has 0 atom stereocenters. The van der Waals surface area contributed by atoms with E-state index in [2.05, 4.69) is 20.5 Å². The maximum absolute atomic E-state index is 12.4. The maximum Gasteiger partial charge on any atom is 0.408 e. The zero-order valence-electron chi connectivity index (χ0n) is 11.7. The van der Waals surface area contributed by atoms with Crippen molar-refractivity contribution >= 4 is 11.8 Å². The second-order valence-corrected chi connectivity index (χ2v) is 5.46. The van der Waals surface area contributed by atoms with Crippen LogP contribution in [-0.4, -0.2) is 31.4 Å². The van der Waals surface area contributed by atoms with E-state index in [0.29, 0.717) is 27.8 Å². The van der Waals surface area contributed by atoms with E-state index in [4.69, 9.17) is 8.83 Å².